The molecule has 86 valence electrons. The van der Waals surface area contributed by atoms with E-state index in [-0.39, 0.29) is 6.61 Å². The lowest BCUT2D eigenvalue weighted by Gasteiger charge is -2.15. The molecule has 0 aliphatic carbocycles. The van der Waals surface area contributed by atoms with Gasteiger partial charge in [-0.15, -0.1) is 0 Å². The molecule has 0 heterocycles. The summed E-state index contributed by atoms with van der Waals surface area (Å²) in [5.74, 6) is -1.82. The summed E-state index contributed by atoms with van der Waals surface area (Å²) in [7, 11) is 0. The zero-order chi connectivity index (χ0) is 12.0. The van der Waals surface area contributed by atoms with Gasteiger partial charge in [0.05, 0.1) is 12.6 Å². The second kappa shape index (κ2) is 6.13. The summed E-state index contributed by atoms with van der Waals surface area (Å²) in [4.78, 5) is 33.5. The van der Waals surface area contributed by atoms with Gasteiger partial charge in [0.1, 0.15) is 0 Å². The van der Waals surface area contributed by atoms with E-state index in [1.807, 2.05) is 0 Å². The van der Waals surface area contributed by atoms with Crippen molar-refractivity contribution in [3.8, 4) is 0 Å². The topological polar surface area (TPSA) is 98.5 Å². The quantitative estimate of drug-likeness (QED) is 0.452. The van der Waals surface area contributed by atoms with Crippen LogP contribution >= 0.6 is 0 Å². The molecule has 0 saturated carbocycles. The van der Waals surface area contributed by atoms with Gasteiger partial charge in [0.25, 0.3) is 0 Å². The summed E-state index contributed by atoms with van der Waals surface area (Å²) in [6.07, 6.45) is 0. The van der Waals surface area contributed by atoms with E-state index < -0.39 is 29.7 Å². The van der Waals surface area contributed by atoms with Crippen LogP contribution in [0.2, 0.25) is 0 Å². The largest absolute Gasteiger partial charge is 0.464 e. The first-order valence-corrected chi connectivity index (χ1v) is 4.63. The van der Waals surface area contributed by atoms with E-state index in [0.717, 1.165) is 0 Å². The molecule has 0 aliphatic heterocycles. The van der Waals surface area contributed by atoms with E-state index in [0.29, 0.717) is 0 Å². The fourth-order valence-electron chi connectivity index (χ4n) is 0.826. The SMILES string of the molecule is CCOC(=O)C(NC(=O)[C@H](C)N)C(C)=O. The lowest BCUT2D eigenvalue weighted by Crippen LogP contribution is -2.51. The first kappa shape index (κ1) is 13.6. The maximum absolute atomic E-state index is 11.2. The van der Waals surface area contributed by atoms with Gasteiger partial charge < -0.3 is 15.8 Å². The number of Topliss-reactive ketones (excluding diaryl/α,β-unsaturated/α-hetero) is 1. The highest BCUT2D eigenvalue weighted by Crippen LogP contribution is 1.92. The predicted octanol–water partition coefficient (Wildman–Crippen LogP) is -1.03. The van der Waals surface area contributed by atoms with Crippen LogP contribution in [0.5, 0.6) is 0 Å². The second-order valence-electron chi connectivity index (χ2n) is 3.09. The molecule has 0 saturated heterocycles. The molecule has 3 N–H and O–H groups in total. The predicted molar refractivity (Wildman–Crippen MR) is 52.9 cm³/mol. The van der Waals surface area contributed by atoms with Gasteiger partial charge in [0, 0.05) is 0 Å². The molecule has 0 spiro atoms. The molecular formula is C9H16N2O4. The van der Waals surface area contributed by atoms with E-state index in [4.69, 9.17) is 5.73 Å². The van der Waals surface area contributed by atoms with Crippen molar-refractivity contribution in [2.24, 2.45) is 5.73 Å². The summed E-state index contributed by atoms with van der Waals surface area (Å²) in [5.41, 5.74) is 5.28. The maximum Gasteiger partial charge on any atom is 0.336 e. The van der Waals surface area contributed by atoms with Crippen molar-refractivity contribution in [1.29, 1.82) is 0 Å². The van der Waals surface area contributed by atoms with E-state index >= 15 is 0 Å². The molecule has 1 amide bonds. The molecule has 0 radical (unpaired) electrons. The highest BCUT2D eigenvalue weighted by Gasteiger charge is 2.27. The minimum Gasteiger partial charge on any atom is -0.464 e. The van der Waals surface area contributed by atoms with Gasteiger partial charge in [0.2, 0.25) is 5.91 Å². The van der Waals surface area contributed by atoms with Gasteiger partial charge in [0.15, 0.2) is 11.8 Å². The summed E-state index contributed by atoms with van der Waals surface area (Å²) >= 11 is 0. The van der Waals surface area contributed by atoms with Gasteiger partial charge in [-0.3, -0.25) is 9.59 Å². The number of esters is 1. The Kier molecular flexibility index (Phi) is 5.54. The van der Waals surface area contributed by atoms with Gasteiger partial charge in [-0.05, 0) is 20.8 Å². The van der Waals surface area contributed by atoms with Crippen molar-refractivity contribution in [3.63, 3.8) is 0 Å². The molecule has 1 unspecified atom stereocenters. The van der Waals surface area contributed by atoms with E-state index in [2.05, 4.69) is 10.1 Å². The van der Waals surface area contributed by atoms with E-state index in [1.165, 1.54) is 13.8 Å². The molecule has 0 fully saturated rings. The third kappa shape index (κ3) is 4.55. The number of hydrogen-bond acceptors (Lipinski definition) is 5. The second-order valence-corrected chi connectivity index (χ2v) is 3.09. The Morgan fingerprint density at radius 3 is 2.27 bits per heavy atom. The molecular weight excluding hydrogens is 200 g/mol. The number of carbonyl (C=O) groups is 3. The molecule has 0 aromatic carbocycles. The molecule has 0 rings (SSSR count). The summed E-state index contributed by atoms with van der Waals surface area (Å²) in [6, 6.07) is -2.04. The van der Waals surface area contributed by atoms with Gasteiger partial charge in [-0.25, -0.2) is 4.79 Å². The van der Waals surface area contributed by atoms with Crippen LogP contribution in [-0.4, -0.2) is 36.4 Å². The lowest BCUT2D eigenvalue weighted by atomic mass is 10.2. The Balaban J connectivity index is 4.48. The zero-order valence-electron chi connectivity index (χ0n) is 9.07. The van der Waals surface area contributed by atoms with Gasteiger partial charge >= 0.3 is 5.97 Å². The Bertz CT molecular complexity index is 263. The highest BCUT2D eigenvalue weighted by atomic mass is 16.5. The fraction of sp³-hybridized carbons (Fsp3) is 0.667. The van der Waals surface area contributed by atoms with Crippen LogP contribution in [0.3, 0.4) is 0 Å². The molecule has 0 bridgehead atoms. The third-order valence-electron chi connectivity index (χ3n) is 1.63. The first-order valence-electron chi connectivity index (χ1n) is 4.63. The molecule has 2 atom stereocenters. The fourth-order valence-corrected chi connectivity index (χ4v) is 0.826. The Morgan fingerprint density at radius 1 is 1.40 bits per heavy atom. The smallest absolute Gasteiger partial charge is 0.336 e. The van der Waals surface area contributed by atoms with Crippen LogP contribution in [0, 0.1) is 0 Å². The molecule has 0 aliphatic rings. The van der Waals surface area contributed by atoms with Crippen molar-refractivity contribution in [1.82, 2.24) is 5.32 Å². The van der Waals surface area contributed by atoms with E-state index in [9.17, 15) is 14.4 Å². The van der Waals surface area contributed by atoms with Crippen molar-refractivity contribution < 1.29 is 19.1 Å². The lowest BCUT2D eigenvalue weighted by molar-refractivity contribution is -0.150. The van der Waals surface area contributed by atoms with Crippen LogP contribution in [0.1, 0.15) is 20.8 Å². The zero-order valence-corrected chi connectivity index (χ0v) is 9.07. The maximum atomic E-state index is 11.2. The first-order chi connectivity index (χ1) is 6.90. The number of hydrogen-bond donors (Lipinski definition) is 2. The number of ether oxygens (including phenoxy) is 1. The molecule has 15 heavy (non-hydrogen) atoms. The Labute approximate surface area is 88.1 Å². The molecule has 6 heteroatoms. The van der Waals surface area contributed by atoms with Crippen molar-refractivity contribution in [2.75, 3.05) is 6.61 Å². The molecule has 6 nitrogen and oxygen atoms in total. The van der Waals surface area contributed by atoms with E-state index in [1.54, 1.807) is 6.92 Å². The summed E-state index contributed by atoms with van der Waals surface area (Å²) < 4.78 is 4.63. The summed E-state index contributed by atoms with van der Waals surface area (Å²) in [5, 5.41) is 2.21. The number of amides is 1. The highest BCUT2D eigenvalue weighted by molar-refractivity contribution is 6.05. The van der Waals surface area contributed by atoms with Crippen LogP contribution in [-0.2, 0) is 19.1 Å². The summed E-state index contributed by atoms with van der Waals surface area (Å²) in [6.45, 7) is 4.42. The van der Waals surface area contributed by atoms with Crippen molar-refractivity contribution >= 4 is 17.7 Å². The van der Waals surface area contributed by atoms with Crippen LogP contribution < -0.4 is 11.1 Å². The standard InChI is InChI=1S/C9H16N2O4/c1-4-15-9(14)7(6(3)12)11-8(13)5(2)10/h5,7H,4,10H2,1-3H3,(H,11,13)/t5-,7?/m0/s1. The van der Waals surface area contributed by atoms with Crippen LogP contribution in [0.4, 0.5) is 0 Å². The third-order valence-corrected chi connectivity index (χ3v) is 1.63. The van der Waals surface area contributed by atoms with Gasteiger partial charge in [-0.2, -0.15) is 0 Å². The Hall–Kier alpha value is -1.43. The minimum atomic E-state index is -1.26. The van der Waals surface area contributed by atoms with Crippen LogP contribution in [0.15, 0.2) is 0 Å². The van der Waals surface area contributed by atoms with Gasteiger partial charge in [-0.1, -0.05) is 0 Å². The number of nitrogens with two attached hydrogens (primary N) is 1. The average Bonchev–Trinajstić information content (AvgIpc) is 2.13. The number of carbonyl (C=O) groups excluding carboxylic acids is 3. The normalized spacial score (nSPS) is 13.9. The molecule has 0 aromatic heterocycles. The number of rotatable bonds is 5. The average molecular weight is 216 g/mol. The number of ketones is 1. The Morgan fingerprint density at radius 2 is 1.93 bits per heavy atom. The monoisotopic (exact) mass is 216 g/mol. The van der Waals surface area contributed by atoms with Crippen molar-refractivity contribution in [2.45, 2.75) is 32.9 Å². The minimum absolute atomic E-state index is 0.149. The number of nitrogens with one attached hydrogen (secondary N) is 1. The molecule has 0 aromatic rings. The van der Waals surface area contributed by atoms with Crippen LogP contribution in [0.25, 0.3) is 0 Å². The van der Waals surface area contributed by atoms with Crippen molar-refractivity contribution in [3.05, 3.63) is 0 Å².